The highest BCUT2D eigenvalue weighted by molar-refractivity contribution is 7.12. The van der Waals surface area contributed by atoms with Crippen LogP contribution >= 0.6 is 22.7 Å². The molecule has 1 N–H and O–H groups in total. The molecular weight excluding hydrogens is 240 g/mol. The second-order valence-corrected chi connectivity index (χ2v) is 5.72. The molecule has 16 heavy (non-hydrogen) atoms. The van der Waals surface area contributed by atoms with E-state index >= 15 is 0 Å². The van der Waals surface area contributed by atoms with E-state index in [1.54, 1.807) is 13.0 Å². The zero-order chi connectivity index (χ0) is 11.6. The summed E-state index contributed by atoms with van der Waals surface area (Å²) in [6.07, 6.45) is 0.133. The largest absolute Gasteiger partial charge is 0.384 e. The summed E-state index contributed by atoms with van der Waals surface area (Å²) in [5, 5.41) is 14.0. The summed E-state index contributed by atoms with van der Waals surface area (Å²) in [6.45, 7) is 1.68. The Bertz CT molecular complexity index is 455. The predicted molar refractivity (Wildman–Crippen MR) is 67.2 cm³/mol. The van der Waals surface area contributed by atoms with Crippen LogP contribution < -0.4 is 0 Å². The van der Waals surface area contributed by atoms with Gasteiger partial charge in [-0.05, 0) is 29.8 Å². The van der Waals surface area contributed by atoms with Crippen LogP contribution in [0.4, 0.5) is 0 Å². The second kappa shape index (κ2) is 4.49. The van der Waals surface area contributed by atoms with Crippen LogP contribution in [0.2, 0.25) is 0 Å². The van der Waals surface area contributed by atoms with E-state index in [2.05, 4.69) is 0 Å². The van der Waals surface area contributed by atoms with Gasteiger partial charge < -0.3 is 5.11 Å². The lowest BCUT2D eigenvalue weighted by Gasteiger charge is -2.20. The first kappa shape index (κ1) is 11.5. The van der Waals surface area contributed by atoms with Gasteiger partial charge in [-0.1, -0.05) is 12.1 Å². The van der Waals surface area contributed by atoms with E-state index in [9.17, 15) is 9.90 Å². The summed E-state index contributed by atoms with van der Waals surface area (Å²) >= 11 is 2.88. The van der Waals surface area contributed by atoms with Crippen LogP contribution in [0.15, 0.2) is 35.0 Å². The topological polar surface area (TPSA) is 37.3 Å². The van der Waals surface area contributed by atoms with E-state index in [-0.39, 0.29) is 12.2 Å². The number of ketones is 1. The minimum atomic E-state index is -1.06. The van der Waals surface area contributed by atoms with E-state index < -0.39 is 5.60 Å². The third-order valence-electron chi connectivity index (χ3n) is 2.35. The predicted octanol–water partition coefficient (Wildman–Crippen LogP) is 3.29. The lowest BCUT2D eigenvalue weighted by Crippen LogP contribution is -2.23. The van der Waals surface area contributed by atoms with Crippen LogP contribution in [0.1, 0.15) is 27.9 Å². The molecule has 0 aliphatic carbocycles. The zero-order valence-corrected chi connectivity index (χ0v) is 10.5. The molecule has 2 nitrogen and oxygen atoms in total. The van der Waals surface area contributed by atoms with E-state index in [0.29, 0.717) is 4.88 Å². The van der Waals surface area contributed by atoms with Crippen LogP contribution in [0.5, 0.6) is 0 Å². The SMILES string of the molecule is CC(O)(CC(=O)c1cccs1)c1cccs1. The second-order valence-electron chi connectivity index (χ2n) is 3.83. The Hall–Kier alpha value is -0.970. The third-order valence-corrected chi connectivity index (χ3v) is 4.39. The Balaban J connectivity index is 2.13. The summed E-state index contributed by atoms with van der Waals surface area (Å²) < 4.78 is 0. The summed E-state index contributed by atoms with van der Waals surface area (Å²) in [7, 11) is 0. The van der Waals surface area contributed by atoms with Gasteiger partial charge in [0, 0.05) is 11.3 Å². The molecule has 2 heterocycles. The molecule has 1 atom stereocenters. The minimum absolute atomic E-state index is 0.00611. The van der Waals surface area contributed by atoms with Crippen molar-refractivity contribution in [2.45, 2.75) is 18.9 Å². The highest BCUT2D eigenvalue weighted by Gasteiger charge is 2.28. The van der Waals surface area contributed by atoms with Gasteiger partial charge in [0.15, 0.2) is 5.78 Å². The molecule has 84 valence electrons. The van der Waals surface area contributed by atoms with E-state index in [0.717, 1.165) is 4.88 Å². The Morgan fingerprint density at radius 1 is 1.31 bits per heavy atom. The number of aliphatic hydroxyl groups is 1. The van der Waals surface area contributed by atoms with Gasteiger partial charge in [-0.2, -0.15) is 0 Å². The Labute approximate surface area is 102 Å². The lowest BCUT2D eigenvalue weighted by molar-refractivity contribution is 0.0461. The molecule has 0 saturated carbocycles. The van der Waals surface area contributed by atoms with Crippen molar-refractivity contribution < 1.29 is 9.90 Å². The molecule has 1 unspecified atom stereocenters. The molecule has 0 spiro atoms. The fourth-order valence-electron chi connectivity index (χ4n) is 1.51. The first-order valence-electron chi connectivity index (χ1n) is 4.93. The number of Topliss-reactive ketones (excluding diaryl/α,β-unsaturated/α-hetero) is 1. The molecule has 0 radical (unpaired) electrons. The maximum Gasteiger partial charge on any atom is 0.176 e. The number of hydrogen-bond acceptors (Lipinski definition) is 4. The molecule has 2 rings (SSSR count). The molecule has 0 aromatic carbocycles. The number of thiophene rings is 2. The molecular formula is C12H12O2S2. The number of rotatable bonds is 4. The normalized spacial score (nSPS) is 14.6. The maximum absolute atomic E-state index is 11.9. The molecule has 0 aliphatic rings. The van der Waals surface area contributed by atoms with Crippen LogP contribution in [0.3, 0.4) is 0 Å². The molecule has 4 heteroatoms. The molecule has 2 aromatic heterocycles. The smallest absolute Gasteiger partial charge is 0.176 e. The van der Waals surface area contributed by atoms with Crippen molar-refractivity contribution in [3.05, 3.63) is 44.8 Å². The van der Waals surface area contributed by atoms with Crippen LogP contribution in [-0.4, -0.2) is 10.9 Å². The van der Waals surface area contributed by atoms with Gasteiger partial charge >= 0.3 is 0 Å². The van der Waals surface area contributed by atoms with Crippen molar-refractivity contribution in [2.75, 3.05) is 0 Å². The van der Waals surface area contributed by atoms with Gasteiger partial charge in [-0.3, -0.25) is 4.79 Å². The highest BCUT2D eigenvalue weighted by atomic mass is 32.1. The summed E-state index contributed by atoms with van der Waals surface area (Å²) in [5.74, 6) is -0.00611. The monoisotopic (exact) mass is 252 g/mol. The lowest BCUT2D eigenvalue weighted by atomic mass is 9.97. The zero-order valence-electron chi connectivity index (χ0n) is 8.84. The number of hydrogen-bond donors (Lipinski definition) is 1. The fraction of sp³-hybridized carbons (Fsp3) is 0.250. The maximum atomic E-state index is 11.9. The molecule has 2 aromatic rings. The van der Waals surface area contributed by atoms with Crippen LogP contribution in [0.25, 0.3) is 0 Å². The fourth-order valence-corrected chi connectivity index (χ4v) is 2.96. The Morgan fingerprint density at radius 3 is 2.56 bits per heavy atom. The third kappa shape index (κ3) is 2.40. The quantitative estimate of drug-likeness (QED) is 0.848. The van der Waals surface area contributed by atoms with Crippen molar-refractivity contribution in [2.24, 2.45) is 0 Å². The molecule has 0 saturated heterocycles. The van der Waals surface area contributed by atoms with Crippen molar-refractivity contribution >= 4 is 28.5 Å². The van der Waals surface area contributed by atoms with Crippen molar-refractivity contribution in [3.8, 4) is 0 Å². The van der Waals surface area contributed by atoms with Gasteiger partial charge in [0.05, 0.1) is 4.88 Å². The van der Waals surface area contributed by atoms with Gasteiger partial charge in [-0.15, -0.1) is 22.7 Å². The van der Waals surface area contributed by atoms with Gasteiger partial charge in [-0.25, -0.2) is 0 Å². The van der Waals surface area contributed by atoms with Gasteiger partial charge in [0.2, 0.25) is 0 Å². The molecule has 0 amide bonds. The Kier molecular flexibility index (Phi) is 3.23. The average molecular weight is 252 g/mol. The first-order chi connectivity index (χ1) is 7.59. The van der Waals surface area contributed by atoms with Crippen molar-refractivity contribution in [3.63, 3.8) is 0 Å². The van der Waals surface area contributed by atoms with Gasteiger partial charge in [0.25, 0.3) is 0 Å². The summed E-state index contributed by atoms with van der Waals surface area (Å²) in [4.78, 5) is 13.4. The van der Waals surface area contributed by atoms with Gasteiger partial charge in [0.1, 0.15) is 5.60 Å². The van der Waals surface area contributed by atoms with Crippen LogP contribution in [0, 0.1) is 0 Å². The molecule has 0 aliphatic heterocycles. The number of carbonyl (C=O) groups is 1. The highest BCUT2D eigenvalue weighted by Crippen LogP contribution is 2.30. The minimum Gasteiger partial charge on any atom is -0.384 e. The van der Waals surface area contributed by atoms with Crippen molar-refractivity contribution in [1.82, 2.24) is 0 Å². The van der Waals surface area contributed by atoms with E-state index in [1.165, 1.54) is 22.7 Å². The summed E-state index contributed by atoms with van der Waals surface area (Å²) in [5.41, 5.74) is -1.06. The van der Waals surface area contributed by atoms with Crippen LogP contribution in [-0.2, 0) is 5.60 Å². The molecule has 0 bridgehead atoms. The summed E-state index contributed by atoms with van der Waals surface area (Å²) in [6, 6.07) is 7.37. The van der Waals surface area contributed by atoms with E-state index in [1.807, 2.05) is 29.0 Å². The molecule has 0 fully saturated rings. The Morgan fingerprint density at radius 2 is 2.00 bits per heavy atom. The van der Waals surface area contributed by atoms with E-state index in [4.69, 9.17) is 0 Å². The number of carbonyl (C=O) groups excluding carboxylic acids is 1. The average Bonchev–Trinajstić information content (AvgIpc) is 2.91. The van der Waals surface area contributed by atoms with Crippen molar-refractivity contribution in [1.29, 1.82) is 0 Å². The standard InChI is InChI=1S/C12H12O2S2/c1-12(14,11-5-3-7-16-11)8-9(13)10-4-2-6-15-10/h2-7,14H,8H2,1H3. The first-order valence-corrected chi connectivity index (χ1v) is 6.68.